The summed E-state index contributed by atoms with van der Waals surface area (Å²) in [4.78, 5) is 6.76. The molecule has 4 heteroatoms. The minimum absolute atomic E-state index is 0.376. The zero-order chi connectivity index (χ0) is 8.27. The smallest absolute Gasteiger partial charge is 0.201 e. The number of halogens is 2. The van der Waals surface area contributed by atoms with Crippen LogP contribution < -0.4 is 0 Å². The van der Waals surface area contributed by atoms with Crippen LogP contribution in [-0.4, -0.2) is 9.97 Å². The minimum atomic E-state index is 0.376. The summed E-state index contributed by atoms with van der Waals surface area (Å²) in [6.07, 6.45) is 3.14. The third kappa shape index (κ3) is 2.38. The molecule has 0 spiro atoms. The molecule has 0 saturated heterocycles. The summed E-state index contributed by atoms with van der Waals surface area (Å²) in [5.74, 6) is 0. The number of aryl methyl sites for hydroxylation is 1. The third-order valence-electron chi connectivity index (χ3n) is 1.47. The van der Waals surface area contributed by atoms with Crippen molar-refractivity contribution in [2.24, 2.45) is 0 Å². The standard InChI is InChI=1S/C7H10Cl2N2/c1-2-3-4-5-6(8)11-7(9)10-5/h2-4H2,1H3,(H,10,11). The average Bonchev–Trinajstić information content (AvgIpc) is 2.26. The summed E-state index contributed by atoms with van der Waals surface area (Å²) in [6, 6.07) is 0. The predicted molar refractivity (Wildman–Crippen MR) is 47.2 cm³/mol. The van der Waals surface area contributed by atoms with E-state index in [9.17, 15) is 0 Å². The Bertz CT molecular complexity index is 232. The fourth-order valence-corrected chi connectivity index (χ4v) is 1.34. The topological polar surface area (TPSA) is 28.7 Å². The van der Waals surface area contributed by atoms with E-state index in [1.165, 1.54) is 0 Å². The first-order valence-corrected chi connectivity index (χ1v) is 4.39. The number of imidazole rings is 1. The minimum Gasteiger partial charge on any atom is -0.319 e. The van der Waals surface area contributed by atoms with Crippen molar-refractivity contribution in [2.45, 2.75) is 26.2 Å². The Hall–Kier alpha value is -0.210. The van der Waals surface area contributed by atoms with Gasteiger partial charge in [0.2, 0.25) is 5.28 Å². The van der Waals surface area contributed by atoms with Crippen molar-refractivity contribution in [3.8, 4) is 0 Å². The Balaban J connectivity index is 2.62. The van der Waals surface area contributed by atoms with E-state index in [4.69, 9.17) is 23.2 Å². The van der Waals surface area contributed by atoms with Gasteiger partial charge in [0, 0.05) is 0 Å². The molecule has 0 amide bonds. The fourth-order valence-electron chi connectivity index (χ4n) is 0.868. The van der Waals surface area contributed by atoms with E-state index in [-0.39, 0.29) is 0 Å². The molecule has 0 aliphatic heterocycles. The summed E-state index contributed by atoms with van der Waals surface area (Å²) in [5.41, 5.74) is 0.874. The van der Waals surface area contributed by atoms with Crippen molar-refractivity contribution in [2.75, 3.05) is 0 Å². The summed E-state index contributed by atoms with van der Waals surface area (Å²) in [7, 11) is 0. The van der Waals surface area contributed by atoms with E-state index in [0.29, 0.717) is 10.4 Å². The summed E-state index contributed by atoms with van der Waals surface area (Å²) in [6.45, 7) is 2.13. The number of aromatic nitrogens is 2. The predicted octanol–water partition coefficient (Wildman–Crippen LogP) is 3.06. The van der Waals surface area contributed by atoms with Crippen LogP contribution in [0, 0.1) is 0 Å². The van der Waals surface area contributed by atoms with E-state index in [1.807, 2.05) is 0 Å². The van der Waals surface area contributed by atoms with Crippen molar-refractivity contribution < 1.29 is 0 Å². The van der Waals surface area contributed by atoms with Gasteiger partial charge in [-0.25, -0.2) is 4.98 Å². The molecule has 0 radical (unpaired) electrons. The van der Waals surface area contributed by atoms with Crippen molar-refractivity contribution in [1.29, 1.82) is 0 Å². The first kappa shape index (κ1) is 8.88. The van der Waals surface area contributed by atoms with Gasteiger partial charge in [-0.2, -0.15) is 0 Å². The van der Waals surface area contributed by atoms with Crippen molar-refractivity contribution in [3.63, 3.8) is 0 Å². The molecule has 2 nitrogen and oxygen atoms in total. The maximum atomic E-state index is 5.78. The number of hydrogen-bond donors (Lipinski definition) is 1. The largest absolute Gasteiger partial charge is 0.319 e. The number of H-pyrrole nitrogens is 1. The molecule has 0 fully saturated rings. The van der Waals surface area contributed by atoms with Crippen LogP contribution in [0.25, 0.3) is 0 Å². The Labute approximate surface area is 75.9 Å². The molecule has 1 aromatic heterocycles. The van der Waals surface area contributed by atoms with Gasteiger partial charge in [0.1, 0.15) is 5.15 Å². The van der Waals surface area contributed by atoms with Crippen molar-refractivity contribution in [1.82, 2.24) is 9.97 Å². The Morgan fingerprint density at radius 2 is 2.18 bits per heavy atom. The van der Waals surface area contributed by atoms with Gasteiger partial charge in [-0.3, -0.25) is 0 Å². The monoisotopic (exact) mass is 192 g/mol. The normalized spacial score (nSPS) is 10.5. The lowest BCUT2D eigenvalue weighted by Crippen LogP contribution is -1.84. The third-order valence-corrected chi connectivity index (χ3v) is 1.96. The van der Waals surface area contributed by atoms with E-state index in [1.54, 1.807) is 0 Å². The highest BCUT2D eigenvalue weighted by Gasteiger charge is 2.04. The number of nitrogens with zero attached hydrogens (tertiary/aromatic N) is 1. The maximum Gasteiger partial charge on any atom is 0.201 e. The Morgan fingerprint density at radius 1 is 1.45 bits per heavy atom. The van der Waals surface area contributed by atoms with Gasteiger partial charge in [0.15, 0.2) is 0 Å². The second-order valence-electron chi connectivity index (χ2n) is 2.39. The average molecular weight is 193 g/mol. The highest BCUT2D eigenvalue weighted by molar-refractivity contribution is 6.32. The summed E-state index contributed by atoms with van der Waals surface area (Å²) >= 11 is 11.4. The molecule has 0 saturated carbocycles. The Morgan fingerprint density at radius 3 is 2.64 bits per heavy atom. The van der Waals surface area contributed by atoms with Gasteiger partial charge < -0.3 is 4.98 Å². The maximum absolute atomic E-state index is 5.78. The summed E-state index contributed by atoms with van der Waals surface area (Å²) in [5, 5.41) is 0.949. The van der Waals surface area contributed by atoms with E-state index >= 15 is 0 Å². The van der Waals surface area contributed by atoms with Gasteiger partial charge >= 0.3 is 0 Å². The lowest BCUT2D eigenvalue weighted by Gasteiger charge is -1.92. The molecule has 1 heterocycles. The number of unbranched alkanes of at least 4 members (excludes halogenated alkanes) is 1. The molecule has 62 valence electrons. The summed E-state index contributed by atoms with van der Waals surface area (Å²) < 4.78 is 0. The van der Waals surface area contributed by atoms with E-state index < -0.39 is 0 Å². The molecule has 0 bridgehead atoms. The van der Waals surface area contributed by atoms with Crippen LogP contribution >= 0.6 is 23.2 Å². The molecule has 1 N–H and O–H groups in total. The van der Waals surface area contributed by atoms with Crippen molar-refractivity contribution >= 4 is 23.2 Å². The molecule has 0 aliphatic rings. The molecule has 0 aliphatic carbocycles. The number of hydrogen-bond acceptors (Lipinski definition) is 1. The highest BCUT2D eigenvalue weighted by Crippen LogP contribution is 2.17. The zero-order valence-electron chi connectivity index (χ0n) is 6.32. The molecule has 0 unspecified atom stereocenters. The second kappa shape index (κ2) is 3.98. The molecule has 11 heavy (non-hydrogen) atoms. The molecule has 1 rings (SSSR count). The van der Waals surface area contributed by atoms with Crippen molar-refractivity contribution in [3.05, 3.63) is 16.1 Å². The highest BCUT2D eigenvalue weighted by atomic mass is 35.5. The molecular formula is C7H10Cl2N2. The van der Waals surface area contributed by atoms with Crippen LogP contribution in [0.5, 0.6) is 0 Å². The quantitative estimate of drug-likeness (QED) is 0.784. The number of rotatable bonds is 3. The van der Waals surface area contributed by atoms with Crippen LogP contribution in [0.3, 0.4) is 0 Å². The van der Waals surface area contributed by atoms with E-state index in [0.717, 1.165) is 25.0 Å². The van der Waals surface area contributed by atoms with Crippen LogP contribution in [0.15, 0.2) is 0 Å². The van der Waals surface area contributed by atoms with E-state index in [2.05, 4.69) is 16.9 Å². The van der Waals surface area contributed by atoms with Crippen LogP contribution in [0.1, 0.15) is 25.5 Å². The number of aromatic amines is 1. The lowest BCUT2D eigenvalue weighted by molar-refractivity contribution is 0.781. The first-order valence-electron chi connectivity index (χ1n) is 3.64. The van der Waals surface area contributed by atoms with Gasteiger partial charge in [0.25, 0.3) is 0 Å². The van der Waals surface area contributed by atoms with Gasteiger partial charge in [-0.1, -0.05) is 24.9 Å². The van der Waals surface area contributed by atoms with Gasteiger partial charge in [-0.15, -0.1) is 0 Å². The second-order valence-corrected chi connectivity index (χ2v) is 3.13. The van der Waals surface area contributed by atoms with Crippen LogP contribution in [0.2, 0.25) is 10.4 Å². The molecular weight excluding hydrogens is 183 g/mol. The lowest BCUT2D eigenvalue weighted by atomic mass is 10.2. The number of nitrogens with one attached hydrogen (secondary N) is 1. The van der Waals surface area contributed by atoms with Crippen LogP contribution in [0.4, 0.5) is 0 Å². The molecule has 0 atom stereocenters. The Kier molecular flexibility index (Phi) is 3.21. The fraction of sp³-hybridized carbons (Fsp3) is 0.571. The zero-order valence-corrected chi connectivity index (χ0v) is 7.84. The SMILES string of the molecule is CCCCc1nc(Cl)[nH]c1Cl. The molecule has 1 aromatic rings. The molecule has 0 aromatic carbocycles. The van der Waals surface area contributed by atoms with Gasteiger partial charge in [0.05, 0.1) is 5.69 Å². The first-order chi connectivity index (χ1) is 5.24. The van der Waals surface area contributed by atoms with Gasteiger partial charge in [-0.05, 0) is 24.4 Å². The van der Waals surface area contributed by atoms with Crippen LogP contribution in [-0.2, 0) is 6.42 Å².